The van der Waals surface area contributed by atoms with Crippen LogP contribution in [0.3, 0.4) is 0 Å². The van der Waals surface area contributed by atoms with Crippen molar-refractivity contribution >= 4 is 23.1 Å². The molecule has 150 valence electrons. The zero-order valence-corrected chi connectivity index (χ0v) is 17.3. The van der Waals surface area contributed by atoms with E-state index in [2.05, 4.69) is 15.1 Å². The van der Waals surface area contributed by atoms with Crippen molar-refractivity contribution in [1.29, 1.82) is 0 Å². The largest absolute Gasteiger partial charge is 0.494 e. The Labute approximate surface area is 174 Å². The van der Waals surface area contributed by atoms with Gasteiger partial charge in [0.05, 0.1) is 17.9 Å². The van der Waals surface area contributed by atoms with Crippen molar-refractivity contribution in [3.63, 3.8) is 0 Å². The Hall–Kier alpha value is -2.93. The minimum absolute atomic E-state index is 0.160. The van der Waals surface area contributed by atoms with Crippen molar-refractivity contribution in [2.75, 3.05) is 37.7 Å². The first kappa shape index (κ1) is 19.4. The van der Waals surface area contributed by atoms with Gasteiger partial charge >= 0.3 is 0 Å². The maximum atomic E-state index is 12.6. The number of aromatic nitrogens is 2. The number of amides is 1. The summed E-state index contributed by atoms with van der Waals surface area (Å²) < 4.78 is 5.45. The molecule has 1 aliphatic heterocycles. The topological polar surface area (TPSA) is 58.6 Å². The molecule has 7 heteroatoms. The molecule has 1 aromatic carbocycles. The van der Waals surface area contributed by atoms with Crippen LogP contribution in [-0.2, 0) is 11.2 Å². The summed E-state index contributed by atoms with van der Waals surface area (Å²) in [7, 11) is 0. The van der Waals surface area contributed by atoms with Gasteiger partial charge in [0.2, 0.25) is 5.91 Å². The van der Waals surface area contributed by atoms with E-state index in [1.54, 1.807) is 11.3 Å². The number of piperazine rings is 1. The third-order valence-electron chi connectivity index (χ3n) is 4.97. The van der Waals surface area contributed by atoms with Crippen LogP contribution < -0.4 is 9.64 Å². The zero-order chi connectivity index (χ0) is 20.1. The van der Waals surface area contributed by atoms with Crippen LogP contribution in [0.4, 0.5) is 5.82 Å². The second kappa shape index (κ2) is 9.05. The van der Waals surface area contributed by atoms with Crippen molar-refractivity contribution in [1.82, 2.24) is 15.1 Å². The first-order chi connectivity index (χ1) is 14.2. The SMILES string of the molecule is CCOc1ccc(CC(=O)N2CCN(c3ccc(-c4cccs4)nn3)CC2)cc1. The van der Waals surface area contributed by atoms with Gasteiger partial charge in [-0.3, -0.25) is 4.79 Å². The maximum Gasteiger partial charge on any atom is 0.227 e. The maximum absolute atomic E-state index is 12.6. The van der Waals surface area contributed by atoms with Crippen molar-refractivity contribution in [3.05, 3.63) is 59.5 Å². The Morgan fingerprint density at radius 3 is 2.45 bits per heavy atom. The van der Waals surface area contributed by atoms with Crippen LogP contribution in [0.25, 0.3) is 10.6 Å². The highest BCUT2D eigenvalue weighted by molar-refractivity contribution is 7.13. The predicted molar refractivity (Wildman–Crippen MR) is 115 cm³/mol. The van der Waals surface area contributed by atoms with Crippen LogP contribution in [0, 0.1) is 0 Å². The molecule has 4 rings (SSSR count). The normalized spacial score (nSPS) is 14.1. The summed E-state index contributed by atoms with van der Waals surface area (Å²) in [6.07, 6.45) is 0.418. The summed E-state index contributed by atoms with van der Waals surface area (Å²) in [5, 5.41) is 10.8. The van der Waals surface area contributed by atoms with Gasteiger partial charge in [0.15, 0.2) is 5.82 Å². The Kier molecular flexibility index (Phi) is 6.05. The number of ether oxygens (including phenoxy) is 1. The van der Waals surface area contributed by atoms with E-state index in [0.29, 0.717) is 26.1 Å². The molecule has 1 amide bonds. The van der Waals surface area contributed by atoms with E-state index in [1.165, 1.54) is 0 Å². The Morgan fingerprint density at radius 1 is 1.03 bits per heavy atom. The fourth-order valence-corrected chi connectivity index (χ4v) is 4.08. The van der Waals surface area contributed by atoms with Crippen molar-refractivity contribution < 1.29 is 9.53 Å². The van der Waals surface area contributed by atoms with Crippen LogP contribution in [-0.4, -0.2) is 53.8 Å². The van der Waals surface area contributed by atoms with Crippen LogP contribution in [0.15, 0.2) is 53.9 Å². The van der Waals surface area contributed by atoms with Crippen molar-refractivity contribution in [2.24, 2.45) is 0 Å². The lowest BCUT2D eigenvalue weighted by molar-refractivity contribution is -0.130. The molecule has 0 aliphatic carbocycles. The molecule has 1 fully saturated rings. The first-order valence-corrected chi connectivity index (χ1v) is 10.7. The van der Waals surface area contributed by atoms with Gasteiger partial charge < -0.3 is 14.5 Å². The Morgan fingerprint density at radius 2 is 1.83 bits per heavy atom. The van der Waals surface area contributed by atoms with Gasteiger partial charge in [-0.25, -0.2) is 0 Å². The molecule has 1 aliphatic rings. The Bertz CT molecular complexity index is 918. The molecule has 0 atom stereocenters. The number of anilines is 1. The highest BCUT2D eigenvalue weighted by atomic mass is 32.1. The van der Waals surface area contributed by atoms with Crippen LogP contribution in [0.5, 0.6) is 5.75 Å². The van der Waals surface area contributed by atoms with E-state index in [9.17, 15) is 4.79 Å². The third kappa shape index (κ3) is 4.74. The molecule has 0 spiro atoms. The van der Waals surface area contributed by atoms with Crippen LogP contribution in [0.2, 0.25) is 0 Å². The molecule has 29 heavy (non-hydrogen) atoms. The fraction of sp³-hybridized carbons (Fsp3) is 0.318. The summed E-state index contributed by atoms with van der Waals surface area (Å²) in [4.78, 5) is 17.9. The van der Waals surface area contributed by atoms with E-state index in [-0.39, 0.29) is 5.91 Å². The van der Waals surface area contributed by atoms with Crippen molar-refractivity contribution in [2.45, 2.75) is 13.3 Å². The van der Waals surface area contributed by atoms with Gasteiger partial charge in [0.1, 0.15) is 11.4 Å². The molecule has 0 N–H and O–H groups in total. The van der Waals surface area contributed by atoms with E-state index >= 15 is 0 Å². The molecular weight excluding hydrogens is 384 g/mol. The van der Waals surface area contributed by atoms with Gasteiger partial charge in [-0.15, -0.1) is 21.5 Å². The minimum Gasteiger partial charge on any atom is -0.494 e. The van der Waals surface area contributed by atoms with E-state index in [4.69, 9.17) is 4.74 Å². The number of thiophene rings is 1. The number of nitrogens with zero attached hydrogens (tertiary/aromatic N) is 4. The quantitative estimate of drug-likeness (QED) is 0.625. The number of hydrogen-bond acceptors (Lipinski definition) is 6. The molecule has 3 aromatic rings. The summed E-state index contributed by atoms with van der Waals surface area (Å²) in [6, 6.07) is 15.8. The average molecular weight is 409 g/mol. The number of carbonyl (C=O) groups excluding carboxylic acids is 1. The minimum atomic E-state index is 0.160. The zero-order valence-electron chi connectivity index (χ0n) is 16.5. The summed E-state index contributed by atoms with van der Waals surface area (Å²) in [5.74, 6) is 1.86. The molecule has 2 aromatic heterocycles. The highest BCUT2D eigenvalue weighted by Crippen LogP contribution is 2.23. The van der Waals surface area contributed by atoms with E-state index < -0.39 is 0 Å². The number of hydrogen-bond donors (Lipinski definition) is 0. The Balaban J connectivity index is 1.30. The number of rotatable bonds is 6. The molecule has 0 saturated carbocycles. The van der Waals surface area contributed by atoms with Gasteiger partial charge in [-0.1, -0.05) is 18.2 Å². The molecule has 3 heterocycles. The van der Waals surface area contributed by atoms with Crippen LogP contribution >= 0.6 is 11.3 Å². The molecule has 0 radical (unpaired) electrons. The summed E-state index contributed by atoms with van der Waals surface area (Å²) >= 11 is 1.66. The van der Waals surface area contributed by atoms with E-state index in [1.807, 2.05) is 65.7 Å². The van der Waals surface area contributed by atoms with Gasteiger partial charge in [0.25, 0.3) is 0 Å². The van der Waals surface area contributed by atoms with E-state index in [0.717, 1.165) is 40.8 Å². The average Bonchev–Trinajstić information content (AvgIpc) is 3.31. The molecule has 0 bridgehead atoms. The highest BCUT2D eigenvalue weighted by Gasteiger charge is 2.22. The molecule has 6 nitrogen and oxygen atoms in total. The van der Waals surface area contributed by atoms with Gasteiger partial charge in [-0.2, -0.15) is 0 Å². The predicted octanol–water partition coefficient (Wildman–Crippen LogP) is 3.50. The lowest BCUT2D eigenvalue weighted by Crippen LogP contribution is -2.49. The summed E-state index contributed by atoms with van der Waals surface area (Å²) in [6.45, 7) is 5.53. The first-order valence-electron chi connectivity index (χ1n) is 9.85. The lowest BCUT2D eigenvalue weighted by atomic mass is 10.1. The molecule has 0 unspecified atom stereocenters. The van der Waals surface area contributed by atoms with Gasteiger partial charge in [0, 0.05) is 26.2 Å². The number of benzene rings is 1. The second-order valence-corrected chi connectivity index (χ2v) is 7.82. The standard InChI is InChI=1S/C22H24N4O2S/c1-2-28-18-7-5-17(6-8-18)16-22(27)26-13-11-25(12-14-26)21-10-9-19(23-24-21)20-4-3-15-29-20/h3-10,15H,2,11-14,16H2,1H3. The van der Waals surface area contributed by atoms with Crippen LogP contribution in [0.1, 0.15) is 12.5 Å². The third-order valence-corrected chi connectivity index (χ3v) is 5.86. The van der Waals surface area contributed by atoms with Gasteiger partial charge in [-0.05, 0) is 48.2 Å². The summed E-state index contributed by atoms with van der Waals surface area (Å²) in [5.41, 5.74) is 1.91. The van der Waals surface area contributed by atoms with Crippen molar-refractivity contribution in [3.8, 4) is 16.3 Å². The fourth-order valence-electron chi connectivity index (χ4n) is 3.39. The second-order valence-electron chi connectivity index (χ2n) is 6.88. The smallest absolute Gasteiger partial charge is 0.227 e. The monoisotopic (exact) mass is 408 g/mol. The number of carbonyl (C=O) groups is 1. The lowest BCUT2D eigenvalue weighted by Gasteiger charge is -2.35. The molecular formula is C22H24N4O2S. The molecule has 1 saturated heterocycles.